The minimum Gasteiger partial charge on any atom is -0.399 e. The number of aryl methyl sites for hydroxylation is 1. The number of rotatable bonds is 7. The molecule has 96 valence electrons. The molecule has 0 amide bonds. The van der Waals surface area contributed by atoms with Crippen LogP contribution in [0.5, 0.6) is 0 Å². The van der Waals surface area contributed by atoms with Gasteiger partial charge in [0.15, 0.2) is 0 Å². The summed E-state index contributed by atoms with van der Waals surface area (Å²) in [6, 6.07) is 5.52. The van der Waals surface area contributed by atoms with Crippen molar-refractivity contribution in [1.29, 1.82) is 0 Å². The number of nitrogens with two attached hydrogens (primary N) is 1. The predicted octanol–water partition coefficient (Wildman–Crippen LogP) is 2.50. The fourth-order valence-corrected chi connectivity index (χ4v) is 2.42. The van der Waals surface area contributed by atoms with Gasteiger partial charge in [-0.3, -0.25) is 4.21 Å². The monoisotopic (exact) mass is 255 g/mol. The summed E-state index contributed by atoms with van der Waals surface area (Å²) in [5.74, 6) is 0.549. The van der Waals surface area contributed by atoms with E-state index in [1.54, 1.807) is 6.07 Å². The standard InChI is InChI=1S/C13H21NO2S/c1-3-4-7-16-8-9-17(15)12-5-6-13(14)11(2)10-12/h5-6,10H,3-4,7-9,14H2,1-2H3. The van der Waals surface area contributed by atoms with Gasteiger partial charge < -0.3 is 10.5 Å². The number of anilines is 1. The summed E-state index contributed by atoms with van der Waals surface area (Å²) in [6.07, 6.45) is 2.19. The molecule has 3 nitrogen and oxygen atoms in total. The molecule has 2 N–H and O–H groups in total. The number of unbranched alkanes of at least 4 members (excludes halogenated alkanes) is 1. The van der Waals surface area contributed by atoms with Gasteiger partial charge in [-0.1, -0.05) is 13.3 Å². The summed E-state index contributed by atoms with van der Waals surface area (Å²) >= 11 is 0. The van der Waals surface area contributed by atoms with Crippen LogP contribution in [0.2, 0.25) is 0 Å². The number of nitrogen functional groups attached to an aromatic ring is 1. The van der Waals surface area contributed by atoms with Crippen molar-refractivity contribution in [3.63, 3.8) is 0 Å². The molecule has 1 aromatic carbocycles. The van der Waals surface area contributed by atoms with Crippen molar-refractivity contribution in [2.45, 2.75) is 31.6 Å². The summed E-state index contributed by atoms with van der Waals surface area (Å²) in [6.45, 7) is 5.36. The van der Waals surface area contributed by atoms with Crippen molar-refractivity contribution in [3.05, 3.63) is 23.8 Å². The van der Waals surface area contributed by atoms with E-state index in [-0.39, 0.29) is 0 Å². The minimum absolute atomic E-state index is 0.549. The molecule has 0 bridgehead atoms. The molecule has 4 heteroatoms. The van der Waals surface area contributed by atoms with Crippen LogP contribution in [0.4, 0.5) is 5.69 Å². The molecule has 0 saturated heterocycles. The van der Waals surface area contributed by atoms with E-state index in [0.29, 0.717) is 12.4 Å². The first-order chi connectivity index (χ1) is 8.15. The Labute approximate surface area is 106 Å². The molecule has 1 unspecified atom stereocenters. The van der Waals surface area contributed by atoms with Crippen LogP contribution in [0, 0.1) is 6.92 Å². The lowest BCUT2D eigenvalue weighted by atomic mass is 10.2. The van der Waals surface area contributed by atoms with Crippen LogP contribution in [-0.4, -0.2) is 23.2 Å². The number of hydrogen-bond donors (Lipinski definition) is 1. The molecule has 0 saturated carbocycles. The van der Waals surface area contributed by atoms with Gasteiger partial charge in [0.1, 0.15) is 0 Å². The fourth-order valence-electron chi connectivity index (χ4n) is 1.39. The van der Waals surface area contributed by atoms with Crippen LogP contribution in [0.3, 0.4) is 0 Å². The second-order valence-corrected chi connectivity index (χ2v) is 5.60. The van der Waals surface area contributed by atoms with E-state index in [1.807, 2.05) is 19.1 Å². The van der Waals surface area contributed by atoms with E-state index in [4.69, 9.17) is 10.5 Å². The van der Waals surface area contributed by atoms with E-state index in [9.17, 15) is 4.21 Å². The van der Waals surface area contributed by atoms with Crippen molar-refractivity contribution in [1.82, 2.24) is 0 Å². The highest BCUT2D eigenvalue weighted by molar-refractivity contribution is 7.85. The maximum Gasteiger partial charge on any atom is 0.0585 e. The molecule has 0 fully saturated rings. The average molecular weight is 255 g/mol. The van der Waals surface area contributed by atoms with Gasteiger partial charge in [-0.15, -0.1) is 0 Å². The maximum absolute atomic E-state index is 11.9. The fraction of sp³-hybridized carbons (Fsp3) is 0.538. The van der Waals surface area contributed by atoms with Gasteiger partial charge in [0.2, 0.25) is 0 Å². The smallest absolute Gasteiger partial charge is 0.0585 e. The van der Waals surface area contributed by atoms with Crippen LogP contribution in [0.15, 0.2) is 23.1 Å². The van der Waals surface area contributed by atoms with Crippen LogP contribution < -0.4 is 5.73 Å². The van der Waals surface area contributed by atoms with Gasteiger partial charge in [-0.05, 0) is 37.1 Å². The molecular formula is C13H21NO2S. The third-order valence-corrected chi connectivity index (χ3v) is 3.88. The molecule has 0 aliphatic heterocycles. The zero-order valence-electron chi connectivity index (χ0n) is 10.6. The molecule has 1 rings (SSSR count). The molecule has 0 aliphatic rings. The second kappa shape index (κ2) is 7.45. The van der Waals surface area contributed by atoms with E-state index in [1.165, 1.54) is 0 Å². The Hall–Kier alpha value is -0.870. The molecule has 0 heterocycles. The zero-order valence-corrected chi connectivity index (χ0v) is 11.4. The van der Waals surface area contributed by atoms with E-state index < -0.39 is 10.8 Å². The number of benzene rings is 1. The van der Waals surface area contributed by atoms with E-state index >= 15 is 0 Å². The molecule has 1 atom stereocenters. The third-order valence-electron chi connectivity index (χ3n) is 2.56. The first-order valence-corrected chi connectivity index (χ1v) is 7.29. The first-order valence-electron chi connectivity index (χ1n) is 5.97. The average Bonchev–Trinajstić information content (AvgIpc) is 2.32. The van der Waals surface area contributed by atoms with Gasteiger partial charge in [-0.25, -0.2) is 0 Å². The normalized spacial score (nSPS) is 12.6. The summed E-state index contributed by atoms with van der Waals surface area (Å²) in [4.78, 5) is 0.829. The highest BCUT2D eigenvalue weighted by Crippen LogP contribution is 2.15. The molecular weight excluding hydrogens is 234 g/mol. The quantitative estimate of drug-likeness (QED) is 0.601. The predicted molar refractivity (Wildman–Crippen MR) is 72.6 cm³/mol. The Kier molecular flexibility index (Phi) is 6.22. The Morgan fingerprint density at radius 1 is 1.35 bits per heavy atom. The Morgan fingerprint density at radius 3 is 2.76 bits per heavy atom. The molecule has 17 heavy (non-hydrogen) atoms. The SMILES string of the molecule is CCCCOCCS(=O)c1ccc(N)c(C)c1. The molecule has 1 aromatic rings. The van der Waals surface area contributed by atoms with Gasteiger partial charge in [0.25, 0.3) is 0 Å². The lowest BCUT2D eigenvalue weighted by molar-refractivity contribution is 0.146. The minimum atomic E-state index is -0.988. The molecule has 0 spiro atoms. The highest BCUT2D eigenvalue weighted by atomic mass is 32.2. The van der Waals surface area contributed by atoms with E-state index in [0.717, 1.165) is 35.6 Å². The van der Waals surface area contributed by atoms with Gasteiger partial charge in [0, 0.05) is 17.2 Å². The summed E-state index contributed by atoms with van der Waals surface area (Å²) in [7, 11) is -0.988. The van der Waals surface area contributed by atoms with Crippen molar-refractivity contribution in [3.8, 4) is 0 Å². The van der Waals surface area contributed by atoms with Gasteiger partial charge in [0.05, 0.1) is 23.2 Å². The molecule has 0 aromatic heterocycles. The third kappa shape index (κ3) is 4.88. The maximum atomic E-state index is 11.9. The largest absolute Gasteiger partial charge is 0.399 e. The van der Waals surface area contributed by atoms with Crippen LogP contribution >= 0.6 is 0 Å². The topological polar surface area (TPSA) is 52.3 Å². The first kappa shape index (κ1) is 14.2. The molecule has 0 aliphatic carbocycles. The number of ether oxygens (including phenoxy) is 1. The lowest BCUT2D eigenvalue weighted by Crippen LogP contribution is -2.07. The Balaban J connectivity index is 2.39. The summed E-state index contributed by atoms with van der Waals surface area (Å²) in [5, 5.41) is 0. The van der Waals surface area contributed by atoms with Crippen LogP contribution in [-0.2, 0) is 15.5 Å². The second-order valence-electron chi connectivity index (χ2n) is 4.03. The summed E-state index contributed by atoms with van der Waals surface area (Å²) < 4.78 is 17.3. The zero-order chi connectivity index (χ0) is 12.7. The lowest BCUT2D eigenvalue weighted by Gasteiger charge is -2.06. The van der Waals surface area contributed by atoms with Crippen LogP contribution in [0.25, 0.3) is 0 Å². The molecule has 0 radical (unpaired) electrons. The van der Waals surface area contributed by atoms with Crippen LogP contribution in [0.1, 0.15) is 25.3 Å². The van der Waals surface area contributed by atoms with Gasteiger partial charge in [-0.2, -0.15) is 0 Å². The summed E-state index contributed by atoms with van der Waals surface area (Å²) in [5.41, 5.74) is 7.44. The van der Waals surface area contributed by atoms with Crippen molar-refractivity contribution in [2.75, 3.05) is 24.7 Å². The van der Waals surface area contributed by atoms with Crippen molar-refractivity contribution >= 4 is 16.5 Å². The van der Waals surface area contributed by atoms with E-state index in [2.05, 4.69) is 6.92 Å². The Morgan fingerprint density at radius 2 is 2.12 bits per heavy atom. The van der Waals surface area contributed by atoms with Crippen molar-refractivity contribution < 1.29 is 8.95 Å². The number of hydrogen-bond acceptors (Lipinski definition) is 3. The van der Waals surface area contributed by atoms with Gasteiger partial charge >= 0.3 is 0 Å². The Bertz CT molecular complexity index is 380. The van der Waals surface area contributed by atoms with Crippen molar-refractivity contribution in [2.24, 2.45) is 0 Å². The highest BCUT2D eigenvalue weighted by Gasteiger charge is 2.05.